The van der Waals surface area contributed by atoms with Crippen molar-refractivity contribution >= 4 is 5.78 Å². The first-order valence-corrected chi connectivity index (χ1v) is 4.45. The van der Waals surface area contributed by atoms with E-state index in [2.05, 4.69) is 0 Å². The first kappa shape index (κ1) is 11.8. The third-order valence-corrected chi connectivity index (χ3v) is 2.56. The van der Waals surface area contributed by atoms with Crippen molar-refractivity contribution in [3.05, 3.63) is 22.5 Å². The lowest BCUT2D eigenvalue weighted by Gasteiger charge is -2.18. The molecule has 0 aromatic rings. The van der Waals surface area contributed by atoms with E-state index in [1.54, 1.807) is 6.92 Å². The zero-order valence-electron chi connectivity index (χ0n) is 8.40. The number of halogens is 3. The Balaban J connectivity index is 3.13. The Morgan fingerprint density at radius 3 is 2.27 bits per heavy atom. The van der Waals surface area contributed by atoms with Gasteiger partial charge in [-0.15, -0.1) is 0 Å². The van der Waals surface area contributed by atoms with E-state index in [1.807, 2.05) is 0 Å². The molecule has 0 aromatic heterocycles. The van der Waals surface area contributed by atoms with Crippen molar-refractivity contribution < 1.29 is 23.1 Å². The van der Waals surface area contributed by atoms with Gasteiger partial charge in [-0.2, -0.15) is 13.2 Å². The van der Waals surface area contributed by atoms with E-state index in [9.17, 15) is 23.1 Å². The standard InChI is InChI=1S/C10H11F3O2/c1-5-3-4-7(8(14)6(5)2)9(15)10(11,12)13/h14H,3-4H2,1-2H3. The van der Waals surface area contributed by atoms with Crippen LogP contribution in [0.25, 0.3) is 0 Å². The van der Waals surface area contributed by atoms with Crippen LogP contribution in [0.3, 0.4) is 0 Å². The molecule has 5 heteroatoms. The van der Waals surface area contributed by atoms with Gasteiger partial charge in [0.15, 0.2) is 0 Å². The Bertz CT molecular complexity index is 361. The normalized spacial score (nSPS) is 18.5. The second kappa shape index (κ2) is 3.72. The SMILES string of the molecule is CC1=C(C)C(O)=C(C(=O)C(F)(F)F)CC1. The first-order valence-electron chi connectivity index (χ1n) is 4.45. The van der Waals surface area contributed by atoms with Gasteiger partial charge in [0, 0.05) is 5.57 Å². The molecule has 0 spiro atoms. The van der Waals surface area contributed by atoms with Crippen LogP contribution in [0.1, 0.15) is 26.7 Å². The molecule has 0 atom stereocenters. The van der Waals surface area contributed by atoms with E-state index >= 15 is 0 Å². The lowest BCUT2D eigenvalue weighted by Crippen LogP contribution is -2.27. The Morgan fingerprint density at radius 2 is 1.80 bits per heavy atom. The number of hydrogen-bond acceptors (Lipinski definition) is 2. The molecular weight excluding hydrogens is 209 g/mol. The van der Waals surface area contributed by atoms with Crippen LogP contribution in [-0.4, -0.2) is 17.1 Å². The van der Waals surface area contributed by atoms with Crippen molar-refractivity contribution in [2.75, 3.05) is 0 Å². The number of rotatable bonds is 1. The highest BCUT2D eigenvalue weighted by atomic mass is 19.4. The summed E-state index contributed by atoms with van der Waals surface area (Å²) >= 11 is 0. The van der Waals surface area contributed by atoms with E-state index in [4.69, 9.17) is 0 Å². The lowest BCUT2D eigenvalue weighted by molar-refractivity contribution is -0.166. The molecule has 0 fully saturated rings. The molecule has 1 rings (SSSR count). The molecule has 1 N–H and O–H groups in total. The van der Waals surface area contributed by atoms with Gasteiger partial charge in [0.1, 0.15) is 5.76 Å². The fraction of sp³-hybridized carbons (Fsp3) is 0.500. The summed E-state index contributed by atoms with van der Waals surface area (Å²) in [6, 6.07) is 0. The van der Waals surface area contributed by atoms with Gasteiger partial charge in [0.05, 0.1) is 0 Å². The molecular formula is C10H11F3O2. The maximum Gasteiger partial charge on any atom is 0.454 e. The van der Waals surface area contributed by atoms with Crippen LogP contribution in [0.5, 0.6) is 0 Å². The Morgan fingerprint density at radius 1 is 1.27 bits per heavy atom. The summed E-state index contributed by atoms with van der Waals surface area (Å²) in [6.45, 7) is 3.23. The highest BCUT2D eigenvalue weighted by Gasteiger charge is 2.42. The van der Waals surface area contributed by atoms with Crippen molar-refractivity contribution in [1.29, 1.82) is 0 Å². The van der Waals surface area contributed by atoms with E-state index in [0.717, 1.165) is 5.57 Å². The smallest absolute Gasteiger partial charge is 0.454 e. The van der Waals surface area contributed by atoms with Crippen LogP contribution in [0.4, 0.5) is 13.2 Å². The quantitative estimate of drug-likeness (QED) is 0.737. The van der Waals surface area contributed by atoms with Gasteiger partial charge < -0.3 is 5.11 Å². The second-order valence-corrected chi connectivity index (χ2v) is 3.56. The van der Waals surface area contributed by atoms with E-state index in [-0.39, 0.29) is 6.42 Å². The molecule has 0 saturated carbocycles. The molecule has 0 radical (unpaired) electrons. The van der Waals surface area contributed by atoms with Crippen LogP contribution in [0.2, 0.25) is 0 Å². The predicted octanol–water partition coefficient (Wildman–Crippen LogP) is 3.06. The van der Waals surface area contributed by atoms with Crippen LogP contribution in [0, 0.1) is 0 Å². The fourth-order valence-corrected chi connectivity index (χ4v) is 1.44. The summed E-state index contributed by atoms with van der Waals surface area (Å²) in [5.74, 6) is -2.45. The van der Waals surface area contributed by atoms with Gasteiger partial charge in [0.2, 0.25) is 0 Å². The summed E-state index contributed by atoms with van der Waals surface area (Å²) in [7, 11) is 0. The van der Waals surface area contributed by atoms with E-state index in [1.165, 1.54) is 6.92 Å². The van der Waals surface area contributed by atoms with Gasteiger partial charge in [-0.05, 0) is 32.3 Å². The number of aliphatic hydroxyl groups excluding tert-OH is 1. The molecule has 0 heterocycles. The third kappa shape index (κ3) is 2.22. The Kier molecular flexibility index (Phi) is 2.93. The molecule has 1 aliphatic carbocycles. The number of hydrogen-bond donors (Lipinski definition) is 1. The third-order valence-electron chi connectivity index (χ3n) is 2.56. The van der Waals surface area contributed by atoms with E-state index in [0.29, 0.717) is 12.0 Å². The zero-order valence-corrected chi connectivity index (χ0v) is 8.40. The maximum atomic E-state index is 12.1. The number of alkyl halides is 3. The highest BCUT2D eigenvalue weighted by molar-refractivity contribution is 6.00. The largest absolute Gasteiger partial charge is 0.507 e. The van der Waals surface area contributed by atoms with Crippen LogP contribution in [-0.2, 0) is 4.79 Å². The molecule has 0 bridgehead atoms. The number of Topliss-reactive ketones (excluding diaryl/α,β-unsaturated/α-hetero) is 1. The summed E-state index contributed by atoms with van der Waals surface area (Å²) < 4.78 is 36.4. The predicted molar refractivity (Wildman–Crippen MR) is 48.3 cm³/mol. The molecule has 0 amide bonds. The first-order chi connectivity index (χ1) is 6.75. The van der Waals surface area contributed by atoms with Gasteiger partial charge in [-0.1, -0.05) is 5.57 Å². The number of ketones is 1. The minimum atomic E-state index is -4.91. The van der Waals surface area contributed by atoms with Gasteiger partial charge in [-0.25, -0.2) is 0 Å². The van der Waals surface area contributed by atoms with Crippen LogP contribution >= 0.6 is 0 Å². The number of carbonyl (C=O) groups is 1. The summed E-state index contributed by atoms with van der Waals surface area (Å²) in [5, 5.41) is 9.44. The lowest BCUT2D eigenvalue weighted by atomic mass is 9.90. The summed E-state index contributed by atoms with van der Waals surface area (Å²) in [6.07, 6.45) is -4.57. The molecule has 15 heavy (non-hydrogen) atoms. The minimum absolute atomic E-state index is 0.0483. The Hall–Kier alpha value is -1.26. The average molecular weight is 220 g/mol. The van der Waals surface area contributed by atoms with Crippen molar-refractivity contribution in [2.45, 2.75) is 32.9 Å². The number of allylic oxidation sites excluding steroid dienone is 3. The maximum absolute atomic E-state index is 12.1. The Labute approximate surface area is 85.1 Å². The topological polar surface area (TPSA) is 37.3 Å². The van der Waals surface area contributed by atoms with Crippen LogP contribution < -0.4 is 0 Å². The van der Waals surface area contributed by atoms with Crippen molar-refractivity contribution in [2.24, 2.45) is 0 Å². The van der Waals surface area contributed by atoms with Crippen molar-refractivity contribution in [1.82, 2.24) is 0 Å². The second-order valence-electron chi connectivity index (χ2n) is 3.56. The van der Waals surface area contributed by atoms with Gasteiger partial charge in [0.25, 0.3) is 5.78 Å². The average Bonchev–Trinajstić information content (AvgIpc) is 2.12. The summed E-state index contributed by atoms with van der Waals surface area (Å²) in [4.78, 5) is 10.9. The van der Waals surface area contributed by atoms with Crippen LogP contribution in [0.15, 0.2) is 22.5 Å². The number of aliphatic hydroxyl groups is 1. The molecule has 0 unspecified atom stereocenters. The molecule has 0 aromatic carbocycles. The van der Waals surface area contributed by atoms with Crippen molar-refractivity contribution in [3.63, 3.8) is 0 Å². The summed E-state index contributed by atoms with van der Waals surface area (Å²) in [5.41, 5.74) is 0.658. The highest BCUT2D eigenvalue weighted by Crippen LogP contribution is 2.32. The zero-order chi connectivity index (χ0) is 11.8. The van der Waals surface area contributed by atoms with Crippen molar-refractivity contribution in [3.8, 4) is 0 Å². The molecule has 0 aliphatic heterocycles. The van der Waals surface area contributed by atoms with Gasteiger partial charge >= 0.3 is 6.18 Å². The molecule has 84 valence electrons. The minimum Gasteiger partial charge on any atom is -0.507 e. The fourth-order valence-electron chi connectivity index (χ4n) is 1.44. The van der Waals surface area contributed by atoms with E-state index < -0.39 is 23.3 Å². The number of carbonyl (C=O) groups excluding carboxylic acids is 1. The molecule has 0 saturated heterocycles. The molecule has 2 nitrogen and oxygen atoms in total. The van der Waals surface area contributed by atoms with Gasteiger partial charge in [-0.3, -0.25) is 4.79 Å². The molecule has 1 aliphatic rings. The monoisotopic (exact) mass is 220 g/mol.